The van der Waals surface area contributed by atoms with Crippen molar-refractivity contribution in [3.05, 3.63) is 24.7 Å². The Labute approximate surface area is 168 Å². The highest BCUT2D eigenvalue weighted by Crippen LogP contribution is 2.27. The van der Waals surface area contributed by atoms with Gasteiger partial charge in [0.1, 0.15) is 24.1 Å². The van der Waals surface area contributed by atoms with Gasteiger partial charge in [0.25, 0.3) is 0 Å². The summed E-state index contributed by atoms with van der Waals surface area (Å²) in [4.78, 5) is 14.6. The van der Waals surface area contributed by atoms with Crippen molar-refractivity contribution < 1.29 is 24.5 Å². The first-order valence-corrected chi connectivity index (χ1v) is 9.44. The van der Waals surface area contributed by atoms with Gasteiger partial charge in [0.2, 0.25) is 0 Å². The smallest absolute Gasteiger partial charge is 0.305 e. The van der Waals surface area contributed by atoms with Gasteiger partial charge in [-0.05, 0) is 30.9 Å². The molecular formula is C19H27N5O5. The topological polar surface area (TPSA) is 156 Å². The van der Waals surface area contributed by atoms with Crippen molar-refractivity contribution in [2.75, 3.05) is 19.5 Å². The minimum absolute atomic E-state index is 0.0492. The average molecular weight is 405 g/mol. The molecule has 158 valence electrons. The quantitative estimate of drug-likeness (QED) is 0.611. The summed E-state index contributed by atoms with van der Waals surface area (Å²) in [6.07, 6.45) is 6.14. The van der Waals surface area contributed by atoms with Crippen molar-refractivity contribution in [3.8, 4) is 6.07 Å². The fourth-order valence-corrected chi connectivity index (χ4v) is 3.13. The van der Waals surface area contributed by atoms with Crippen molar-refractivity contribution in [2.45, 2.75) is 50.4 Å². The minimum atomic E-state index is -1.03. The number of nitrogens with two attached hydrogens (primary N) is 1. The van der Waals surface area contributed by atoms with E-state index in [9.17, 15) is 4.79 Å². The number of nitrogen functional groups attached to an aromatic ring is 1. The predicted octanol–water partition coefficient (Wildman–Crippen LogP) is 0.682. The number of rotatable bonds is 2. The Morgan fingerprint density at radius 3 is 2.69 bits per heavy atom. The summed E-state index contributed by atoms with van der Waals surface area (Å²) in [5.41, 5.74) is 6.38. The van der Waals surface area contributed by atoms with E-state index in [4.69, 9.17) is 21.2 Å². The summed E-state index contributed by atoms with van der Waals surface area (Å²) in [7, 11) is 1.46. The largest absolute Gasteiger partial charge is 0.469 e. The monoisotopic (exact) mass is 405 g/mol. The van der Waals surface area contributed by atoms with Gasteiger partial charge in [0.05, 0.1) is 19.8 Å². The number of anilines is 1. The lowest BCUT2D eigenvalue weighted by Crippen LogP contribution is -2.28. The molecule has 0 radical (unpaired) electrons. The van der Waals surface area contributed by atoms with Gasteiger partial charge in [0, 0.05) is 12.6 Å². The molecule has 0 amide bonds. The number of nitriles is 1. The lowest BCUT2D eigenvalue weighted by Gasteiger charge is -2.04. The summed E-state index contributed by atoms with van der Waals surface area (Å²) < 4.78 is 10.9. The number of esters is 1. The third-order valence-electron chi connectivity index (χ3n) is 4.80. The standard InChI is InChI=1S/C8H14O2.C6H6N4.C5H7NO3/c1-10-8(9)6-7-4-2-3-5-7;7-6-5-2-1-3-10(5)9-4-8-6;6-1-4-5(8)3(7)2-9-4/h7H,2-6H2,1H3;1-4H,(H2,7,8,9);3-5,7-8H,2H2. The predicted molar refractivity (Wildman–Crippen MR) is 103 cm³/mol. The maximum atomic E-state index is 10.7. The van der Waals surface area contributed by atoms with Crippen LogP contribution in [0.1, 0.15) is 32.1 Å². The van der Waals surface area contributed by atoms with Crippen LogP contribution in [0.5, 0.6) is 0 Å². The second-order valence-corrected chi connectivity index (χ2v) is 6.85. The summed E-state index contributed by atoms with van der Waals surface area (Å²) in [5, 5.41) is 29.8. The molecule has 3 heterocycles. The Bertz CT molecular complexity index is 815. The number of hydrogen-bond donors (Lipinski definition) is 3. The van der Waals surface area contributed by atoms with Crippen LogP contribution in [0.25, 0.3) is 5.52 Å². The Morgan fingerprint density at radius 1 is 1.45 bits per heavy atom. The number of ether oxygens (including phenoxy) is 2. The molecule has 2 aromatic heterocycles. The first kappa shape index (κ1) is 22.5. The maximum absolute atomic E-state index is 10.7. The maximum Gasteiger partial charge on any atom is 0.305 e. The molecule has 1 saturated carbocycles. The molecule has 2 fully saturated rings. The van der Waals surface area contributed by atoms with Crippen LogP contribution < -0.4 is 5.73 Å². The van der Waals surface area contributed by atoms with Crippen LogP contribution >= 0.6 is 0 Å². The van der Waals surface area contributed by atoms with E-state index in [1.165, 1.54) is 39.1 Å². The molecule has 3 atom stereocenters. The lowest BCUT2D eigenvalue weighted by molar-refractivity contribution is -0.141. The number of hydrogen-bond acceptors (Lipinski definition) is 9. The zero-order chi connectivity index (χ0) is 21.2. The Balaban J connectivity index is 0.000000156. The van der Waals surface area contributed by atoms with Gasteiger partial charge >= 0.3 is 5.97 Å². The normalized spacial score (nSPS) is 23.4. The third kappa shape index (κ3) is 6.67. The number of methoxy groups -OCH3 is 1. The Morgan fingerprint density at radius 2 is 2.17 bits per heavy atom. The van der Waals surface area contributed by atoms with E-state index in [2.05, 4.69) is 19.6 Å². The summed E-state index contributed by atoms with van der Waals surface area (Å²) in [6, 6.07) is 5.46. The number of aromatic nitrogens is 3. The molecule has 10 heteroatoms. The van der Waals surface area contributed by atoms with Gasteiger partial charge in [-0.15, -0.1) is 0 Å². The molecule has 3 unspecified atom stereocenters. The minimum Gasteiger partial charge on any atom is -0.469 e. The number of aliphatic hydroxyl groups is 2. The number of nitrogens with zero attached hydrogens (tertiary/aromatic N) is 4. The van der Waals surface area contributed by atoms with E-state index >= 15 is 0 Å². The molecule has 10 nitrogen and oxygen atoms in total. The van der Waals surface area contributed by atoms with E-state index in [0.29, 0.717) is 18.2 Å². The van der Waals surface area contributed by atoms with E-state index in [1.54, 1.807) is 10.6 Å². The number of aliphatic hydroxyl groups excluding tert-OH is 2. The highest BCUT2D eigenvalue weighted by molar-refractivity contribution is 5.69. The van der Waals surface area contributed by atoms with E-state index < -0.39 is 18.3 Å². The molecular weight excluding hydrogens is 378 g/mol. The Kier molecular flexibility index (Phi) is 8.79. The van der Waals surface area contributed by atoms with Crippen LogP contribution in [-0.2, 0) is 14.3 Å². The van der Waals surface area contributed by atoms with Gasteiger partial charge in [0.15, 0.2) is 11.9 Å². The molecule has 0 spiro atoms. The molecule has 0 bridgehead atoms. The van der Waals surface area contributed by atoms with Crippen molar-refractivity contribution in [1.29, 1.82) is 5.26 Å². The third-order valence-corrected chi connectivity index (χ3v) is 4.80. The first-order valence-electron chi connectivity index (χ1n) is 9.44. The highest BCUT2D eigenvalue weighted by Gasteiger charge is 2.34. The van der Waals surface area contributed by atoms with Crippen LogP contribution in [0.15, 0.2) is 24.7 Å². The molecule has 1 saturated heterocycles. The molecule has 1 aliphatic heterocycles. The molecule has 2 aromatic rings. The van der Waals surface area contributed by atoms with Crippen LogP contribution in [0.3, 0.4) is 0 Å². The van der Waals surface area contributed by atoms with E-state index in [0.717, 1.165) is 5.52 Å². The van der Waals surface area contributed by atoms with Crippen molar-refractivity contribution in [3.63, 3.8) is 0 Å². The molecule has 4 rings (SSSR count). The van der Waals surface area contributed by atoms with Crippen LogP contribution in [0.4, 0.5) is 5.82 Å². The highest BCUT2D eigenvalue weighted by atomic mass is 16.5. The second-order valence-electron chi connectivity index (χ2n) is 6.85. The Hall–Kier alpha value is -2.74. The zero-order valence-electron chi connectivity index (χ0n) is 16.3. The fraction of sp³-hybridized carbons (Fsp3) is 0.579. The summed E-state index contributed by atoms with van der Waals surface area (Å²) in [6.45, 7) is 0.0550. The van der Waals surface area contributed by atoms with Crippen molar-refractivity contribution in [1.82, 2.24) is 14.6 Å². The summed E-state index contributed by atoms with van der Waals surface area (Å²) >= 11 is 0. The zero-order valence-corrected chi connectivity index (χ0v) is 16.3. The first-order chi connectivity index (χ1) is 14.0. The lowest BCUT2D eigenvalue weighted by atomic mass is 10.1. The SMILES string of the molecule is COC(=O)CC1CCCC1.N#CC1OCC(O)C1O.Nc1ncnn2cccc12. The number of carbonyl (C=O) groups is 1. The molecule has 4 N–H and O–H groups in total. The number of fused-ring (bicyclic) bond motifs is 1. The van der Waals surface area contributed by atoms with Crippen LogP contribution in [0.2, 0.25) is 0 Å². The van der Waals surface area contributed by atoms with Crippen molar-refractivity contribution >= 4 is 17.3 Å². The second kappa shape index (κ2) is 11.3. The molecule has 1 aliphatic carbocycles. The summed E-state index contributed by atoms with van der Waals surface area (Å²) in [5.74, 6) is 1.08. The van der Waals surface area contributed by atoms with E-state index in [-0.39, 0.29) is 12.6 Å². The van der Waals surface area contributed by atoms with Gasteiger partial charge in [-0.1, -0.05) is 12.8 Å². The van der Waals surface area contributed by atoms with Gasteiger partial charge < -0.3 is 25.4 Å². The number of carbonyl (C=O) groups excluding carboxylic acids is 1. The molecule has 0 aromatic carbocycles. The molecule has 29 heavy (non-hydrogen) atoms. The average Bonchev–Trinajstić information content (AvgIpc) is 3.46. The van der Waals surface area contributed by atoms with Gasteiger partial charge in [-0.25, -0.2) is 9.50 Å². The van der Waals surface area contributed by atoms with Gasteiger partial charge in [-0.2, -0.15) is 10.4 Å². The van der Waals surface area contributed by atoms with Crippen LogP contribution in [0, 0.1) is 17.2 Å². The van der Waals surface area contributed by atoms with E-state index in [1.807, 2.05) is 18.3 Å². The fourth-order valence-electron chi connectivity index (χ4n) is 3.13. The van der Waals surface area contributed by atoms with Crippen LogP contribution in [-0.4, -0.2) is 62.8 Å². The van der Waals surface area contributed by atoms with Crippen molar-refractivity contribution in [2.24, 2.45) is 5.92 Å². The van der Waals surface area contributed by atoms with Gasteiger partial charge in [-0.3, -0.25) is 4.79 Å². The molecule has 2 aliphatic rings.